The molecule has 0 saturated carbocycles. The molecule has 5 heteroatoms. The number of para-hydroxylation sites is 1. The molecule has 1 unspecified atom stereocenters. The SMILES string of the molecule is Cc1ccc(NC(=O)c2cc(C)nc(N3c4ccccc4CC3C)n2)c(C)c1. The molecule has 1 amide bonds. The Kier molecular flexibility index (Phi) is 4.59. The molecular weight excluding hydrogens is 348 g/mol. The van der Waals surface area contributed by atoms with Gasteiger partial charge in [-0.05, 0) is 63.4 Å². The summed E-state index contributed by atoms with van der Waals surface area (Å²) in [6.07, 6.45) is 0.942. The second kappa shape index (κ2) is 7.08. The van der Waals surface area contributed by atoms with E-state index >= 15 is 0 Å². The van der Waals surface area contributed by atoms with E-state index in [4.69, 9.17) is 0 Å². The van der Waals surface area contributed by atoms with Crippen molar-refractivity contribution in [2.45, 2.75) is 40.2 Å². The van der Waals surface area contributed by atoms with Crippen molar-refractivity contribution in [2.75, 3.05) is 10.2 Å². The van der Waals surface area contributed by atoms with Crippen LogP contribution in [0.3, 0.4) is 0 Å². The molecule has 1 atom stereocenters. The predicted octanol–water partition coefficient (Wildman–Crippen LogP) is 4.74. The molecule has 0 fully saturated rings. The number of rotatable bonds is 3. The Morgan fingerprint density at radius 3 is 2.64 bits per heavy atom. The fraction of sp³-hybridized carbons (Fsp3) is 0.261. The van der Waals surface area contributed by atoms with Crippen molar-refractivity contribution < 1.29 is 4.79 Å². The number of carbonyl (C=O) groups is 1. The Hall–Kier alpha value is -3.21. The fourth-order valence-corrected chi connectivity index (χ4v) is 3.79. The van der Waals surface area contributed by atoms with Crippen LogP contribution in [-0.2, 0) is 6.42 Å². The minimum absolute atomic E-state index is 0.223. The lowest BCUT2D eigenvalue weighted by atomic mass is 10.1. The summed E-state index contributed by atoms with van der Waals surface area (Å²) in [7, 11) is 0. The molecular formula is C23H24N4O. The lowest BCUT2D eigenvalue weighted by Crippen LogP contribution is -2.27. The monoisotopic (exact) mass is 372 g/mol. The van der Waals surface area contributed by atoms with E-state index in [0.29, 0.717) is 11.6 Å². The van der Waals surface area contributed by atoms with E-state index in [2.05, 4.69) is 51.4 Å². The van der Waals surface area contributed by atoms with E-state index in [1.165, 1.54) is 5.56 Å². The van der Waals surface area contributed by atoms with Crippen LogP contribution in [0, 0.1) is 20.8 Å². The van der Waals surface area contributed by atoms with Crippen molar-refractivity contribution in [1.29, 1.82) is 0 Å². The molecule has 1 aliphatic heterocycles. The average molecular weight is 372 g/mol. The Balaban J connectivity index is 1.67. The van der Waals surface area contributed by atoms with E-state index in [1.54, 1.807) is 6.07 Å². The summed E-state index contributed by atoms with van der Waals surface area (Å²) in [5.41, 5.74) is 6.53. The summed E-state index contributed by atoms with van der Waals surface area (Å²) in [5, 5.41) is 2.98. The second-order valence-corrected chi connectivity index (χ2v) is 7.52. The summed E-state index contributed by atoms with van der Waals surface area (Å²) in [6, 6.07) is 16.2. The number of amides is 1. The number of nitrogens with one attached hydrogen (secondary N) is 1. The van der Waals surface area contributed by atoms with Crippen LogP contribution in [0.25, 0.3) is 0 Å². The first kappa shape index (κ1) is 18.2. The zero-order valence-electron chi connectivity index (χ0n) is 16.7. The number of nitrogens with zero attached hydrogens (tertiary/aromatic N) is 3. The Labute approximate surface area is 165 Å². The maximum Gasteiger partial charge on any atom is 0.274 e. The summed E-state index contributed by atoms with van der Waals surface area (Å²) >= 11 is 0. The minimum atomic E-state index is -0.223. The third-order valence-electron chi connectivity index (χ3n) is 5.13. The quantitative estimate of drug-likeness (QED) is 0.722. The van der Waals surface area contributed by atoms with Crippen molar-refractivity contribution in [3.05, 3.63) is 76.6 Å². The van der Waals surface area contributed by atoms with E-state index in [0.717, 1.165) is 34.6 Å². The largest absolute Gasteiger partial charge is 0.320 e. The molecule has 0 saturated heterocycles. The maximum atomic E-state index is 12.9. The Morgan fingerprint density at radius 1 is 1.07 bits per heavy atom. The van der Waals surface area contributed by atoms with Crippen LogP contribution in [-0.4, -0.2) is 21.9 Å². The summed E-state index contributed by atoms with van der Waals surface area (Å²) < 4.78 is 0. The topological polar surface area (TPSA) is 58.1 Å². The first-order valence-electron chi connectivity index (χ1n) is 9.54. The molecule has 3 aromatic rings. The highest BCUT2D eigenvalue weighted by atomic mass is 16.1. The number of aromatic nitrogens is 2. The highest BCUT2D eigenvalue weighted by molar-refractivity contribution is 6.03. The van der Waals surface area contributed by atoms with Crippen LogP contribution < -0.4 is 10.2 Å². The van der Waals surface area contributed by atoms with Crippen LogP contribution in [0.5, 0.6) is 0 Å². The number of fused-ring (bicyclic) bond motifs is 1. The van der Waals surface area contributed by atoms with Crippen molar-refractivity contribution in [3.8, 4) is 0 Å². The van der Waals surface area contributed by atoms with Crippen LogP contribution in [0.15, 0.2) is 48.5 Å². The van der Waals surface area contributed by atoms with E-state index < -0.39 is 0 Å². The molecule has 28 heavy (non-hydrogen) atoms. The van der Waals surface area contributed by atoms with Gasteiger partial charge < -0.3 is 10.2 Å². The molecule has 0 radical (unpaired) electrons. The standard InChI is InChI=1S/C23H24N4O/c1-14-9-10-19(15(2)11-14)25-22(28)20-12-16(3)24-23(26-20)27-17(4)13-18-7-5-6-8-21(18)27/h5-12,17H,13H2,1-4H3,(H,25,28). The van der Waals surface area contributed by atoms with Gasteiger partial charge in [-0.3, -0.25) is 4.79 Å². The number of hydrogen-bond donors (Lipinski definition) is 1. The molecule has 4 rings (SSSR count). The van der Waals surface area contributed by atoms with Gasteiger partial charge in [0.2, 0.25) is 5.95 Å². The van der Waals surface area contributed by atoms with Gasteiger partial charge in [0, 0.05) is 23.1 Å². The molecule has 1 aromatic heterocycles. The molecule has 0 spiro atoms. The first-order valence-corrected chi connectivity index (χ1v) is 9.54. The molecule has 2 heterocycles. The van der Waals surface area contributed by atoms with Gasteiger partial charge in [0.05, 0.1) is 0 Å². The maximum absolute atomic E-state index is 12.9. The van der Waals surface area contributed by atoms with E-state index in [-0.39, 0.29) is 11.9 Å². The number of hydrogen-bond acceptors (Lipinski definition) is 4. The fourth-order valence-electron chi connectivity index (χ4n) is 3.79. The van der Waals surface area contributed by atoms with Crippen LogP contribution in [0.2, 0.25) is 0 Å². The van der Waals surface area contributed by atoms with Crippen molar-refractivity contribution in [1.82, 2.24) is 9.97 Å². The van der Waals surface area contributed by atoms with Gasteiger partial charge >= 0.3 is 0 Å². The zero-order valence-corrected chi connectivity index (χ0v) is 16.7. The summed E-state index contributed by atoms with van der Waals surface area (Å²) in [4.78, 5) is 24.2. The van der Waals surface area contributed by atoms with Gasteiger partial charge in [0.1, 0.15) is 5.69 Å². The summed E-state index contributed by atoms with van der Waals surface area (Å²) in [6.45, 7) is 8.07. The van der Waals surface area contributed by atoms with Crippen LogP contribution in [0.4, 0.5) is 17.3 Å². The van der Waals surface area contributed by atoms with Gasteiger partial charge in [-0.15, -0.1) is 0 Å². The number of benzene rings is 2. The molecule has 1 N–H and O–H groups in total. The normalized spacial score (nSPS) is 15.4. The second-order valence-electron chi connectivity index (χ2n) is 7.52. The van der Waals surface area contributed by atoms with Crippen molar-refractivity contribution in [3.63, 3.8) is 0 Å². The van der Waals surface area contributed by atoms with Crippen molar-refractivity contribution in [2.24, 2.45) is 0 Å². The molecule has 2 aromatic carbocycles. The van der Waals surface area contributed by atoms with Gasteiger partial charge in [-0.1, -0.05) is 35.9 Å². The number of carbonyl (C=O) groups excluding carboxylic acids is 1. The molecule has 0 aliphatic carbocycles. The zero-order chi connectivity index (χ0) is 19.8. The third-order valence-corrected chi connectivity index (χ3v) is 5.13. The van der Waals surface area contributed by atoms with Gasteiger partial charge in [0.25, 0.3) is 5.91 Å². The van der Waals surface area contributed by atoms with Gasteiger partial charge in [-0.2, -0.15) is 0 Å². The van der Waals surface area contributed by atoms with Crippen LogP contribution >= 0.6 is 0 Å². The molecule has 5 nitrogen and oxygen atoms in total. The molecule has 142 valence electrons. The Bertz CT molecular complexity index is 1060. The lowest BCUT2D eigenvalue weighted by molar-refractivity contribution is 0.102. The Morgan fingerprint density at radius 2 is 1.86 bits per heavy atom. The molecule has 0 bridgehead atoms. The first-order chi connectivity index (χ1) is 13.4. The third kappa shape index (κ3) is 3.36. The minimum Gasteiger partial charge on any atom is -0.320 e. The lowest BCUT2D eigenvalue weighted by Gasteiger charge is -2.23. The molecule has 1 aliphatic rings. The van der Waals surface area contributed by atoms with E-state index in [9.17, 15) is 4.79 Å². The number of aryl methyl sites for hydroxylation is 3. The smallest absolute Gasteiger partial charge is 0.274 e. The van der Waals surface area contributed by atoms with E-state index in [1.807, 2.05) is 39.0 Å². The van der Waals surface area contributed by atoms with Crippen LogP contribution in [0.1, 0.15) is 39.8 Å². The highest BCUT2D eigenvalue weighted by Gasteiger charge is 2.29. The average Bonchev–Trinajstić information content (AvgIpc) is 2.99. The highest BCUT2D eigenvalue weighted by Crippen LogP contribution is 2.36. The van der Waals surface area contributed by atoms with Crippen molar-refractivity contribution >= 4 is 23.2 Å². The number of anilines is 3. The summed E-state index contributed by atoms with van der Waals surface area (Å²) in [5.74, 6) is 0.349. The predicted molar refractivity (Wildman–Crippen MR) is 112 cm³/mol. The van der Waals surface area contributed by atoms with Gasteiger partial charge in [-0.25, -0.2) is 9.97 Å². The van der Waals surface area contributed by atoms with Gasteiger partial charge in [0.15, 0.2) is 0 Å².